The second kappa shape index (κ2) is 4.33. The summed E-state index contributed by atoms with van der Waals surface area (Å²) in [6, 6.07) is 7.84. The first-order valence-electron chi connectivity index (χ1n) is 5.84. The van der Waals surface area contributed by atoms with Crippen LogP contribution in [0.3, 0.4) is 0 Å². The minimum Gasteiger partial charge on any atom is -0.383 e. The second-order valence-corrected chi connectivity index (χ2v) is 7.35. The Morgan fingerprint density at radius 1 is 1.33 bits per heavy atom. The number of methoxy groups -OCH3 is 1. The highest BCUT2D eigenvalue weighted by Gasteiger charge is 2.67. The molecule has 3 atom stereocenters. The van der Waals surface area contributed by atoms with Gasteiger partial charge in [-0.05, 0) is 12.5 Å². The summed E-state index contributed by atoms with van der Waals surface area (Å²) in [5, 5.41) is -0.548. The summed E-state index contributed by atoms with van der Waals surface area (Å²) in [7, 11) is -1.63. The van der Waals surface area contributed by atoms with E-state index in [-0.39, 0.29) is 12.5 Å². The lowest BCUT2D eigenvalue weighted by Gasteiger charge is -2.10. The molecule has 0 unspecified atom stereocenters. The van der Waals surface area contributed by atoms with Crippen molar-refractivity contribution >= 4 is 9.84 Å². The molecule has 1 aromatic rings. The van der Waals surface area contributed by atoms with Gasteiger partial charge in [-0.2, -0.15) is 0 Å². The van der Waals surface area contributed by atoms with Gasteiger partial charge in [-0.15, -0.1) is 0 Å². The molecule has 5 heteroatoms. The SMILES string of the molecule is COC[C@]1(N)[C@@H](c2ccc(C)cc2)[C@@H]1S(C)(=O)=O. The van der Waals surface area contributed by atoms with Crippen LogP contribution >= 0.6 is 0 Å². The van der Waals surface area contributed by atoms with Gasteiger partial charge in [-0.25, -0.2) is 8.42 Å². The van der Waals surface area contributed by atoms with Crippen LogP contribution in [0.4, 0.5) is 0 Å². The molecule has 0 bridgehead atoms. The molecule has 1 aliphatic carbocycles. The van der Waals surface area contributed by atoms with Crippen LogP contribution in [0, 0.1) is 6.92 Å². The predicted molar refractivity (Wildman–Crippen MR) is 71.3 cm³/mol. The minimum atomic E-state index is -3.17. The van der Waals surface area contributed by atoms with Gasteiger partial charge < -0.3 is 10.5 Å². The van der Waals surface area contributed by atoms with Crippen molar-refractivity contribution in [1.29, 1.82) is 0 Å². The van der Waals surface area contributed by atoms with Gasteiger partial charge >= 0.3 is 0 Å². The Labute approximate surface area is 108 Å². The maximum atomic E-state index is 11.8. The first kappa shape index (κ1) is 13.5. The number of ether oxygens (including phenoxy) is 1. The van der Waals surface area contributed by atoms with Crippen LogP contribution in [0.5, 0.6) is 0 Å². The number of sulfone groups is 1. The Morgan fingerprint density at radius 2 is 1.89 bits per heavy atom. The fourth-order valence-electron chi connectivity index (χ4n) is 2.75. The molecule has 1 aliphatic rings. The lowest BCUT2D eigenvalue weighted by molar-refractivity contribution is 0.171. The number of aryl methyl sites for hydroxylation is 1. The van der Waals surface area contributed by atoms with E-state index in [9.17, 15) is 8.42 Å². The molecular weight excluding hydrogens is 250 g/mol. The van der Waals surface area contributed by atoms with Crippen molar-refractivity contribution in [1.82, 2.24) is 0 Å². The van der Waals surface area contributed by atoms with E-state index >= 15 is 0 Å². The largest absolute Gasteiger partial charge is 0.383 e. The van der Waals surface area contributed by atoms with Gasteiger partial charge in [0.1, 0.15) is 0 Å². The highest BCUT2D eigenvalue weighted by Crippen LogP contribution is 2.53. The van der Waals surface area contributed by atoms with E-state index in [1.54, 1.807) is 7.11 Å². The molecule has 2 rings (SSSR count). The third-order valence-electron chi connectivity index (χ3n) is 3.59. The highest BCUT2D eigenvalue weighted by molar-refractivity contribution is 7.91. The topological polar surface area (TPSA) is 69.4 Å². The molecule has 0 heterocycles. The fraction of sp³-hybridized carbons (Fsp3) is 0.538. The van der Waals surface area contributed by atoms with Crippen molar-refractivity contribution in [3.63, 3.8) is 0 Å². The van der Waals surface area contributed by atoms with Crippen molar-refractivity contribution in [3.8, 4) is 0 Å². The van der Waals surface area contributed by atoms with Crippen LogP contribution in [-0.2, 0) is 14.6 Å². The lowest BCUT2D eigenvalue weighted by atomic mass is 10.1. The van der Waals surface area contributed by atoms with E-state index in [1.165, 1.54) is 6.26 Å². The van der Waals surface area contributed by atoms with Crippen molar-refractivity contribution in [3.05, 3.63) is 35.4 Å². The smallest absolute Gasteiger partial charge is 0.152 e. The minimum absolute atomic E-state index is 0.173. The van der Waals surface area contributed by atoms with Gasteiger partial charge in [-0.3, -0.25) is 0 Å². The van der Waals surface area contributed by atoms with Crippen LogP contribution < -0.4 is 5.73 Å². The lowest BCUT2D eigenvalue weighted by Crippen LogP contribution is -2.35. The Hall–Kier alpha value is -0.910. The number of benzene rings is 1. The summed E-state index contributed by atoms with van der Waals surface area (Å²) >= 11 is 0. The van der Waals surface area contributed by atoms with Crippen LogP contribution in [-0.4, -0.2) is 39.2 Å². The number of hydrogen-bond acceptors (Lipinski definition) is 4. The molecule has 1 aromatic carbocycles. The highest BCUT2D eigenvalue weighted by atomic mass is 32.2. The predicted octanol–water partition coefficient (Wildman–Crippen LogP) is 0.849. The Balaban J connectivity index is 2.35. The van der Waals surface area contributed by atoms with E-state index in [2.05, 4.69) is 0 Å². The summed E-state index contributed by atoms with van der Waals surface area (Å²) in [5.74, 6) is -0.173. The van der Waals surface area contributed by atoms with E-state index in [1.807, 2.05) is 31.2 Å². The third-order valence-corrected chi connectivity index (χ3v) is 5.23. The van der Waals surface area contributed by atoms with Crippen molar-refractivity contribution in [2.45, 2.75) is 23.6 Å². The molecule has 0 spiro atoms. The van der Waals surface area contributed by atoms with E-state index in [4.69, 9.17) is 10.5 Å². The van der Waals surface area contributed by atoms with Crippen LogP contribution in [0.2, 0.25) is 0 Å². The van der Waals surface area contributed by atoms with Crippen LogP contribution in [0.1, 0.15) is 17.0 Å². The quantitative estimate of drug-likeness (QED) is 0.879. The van der Waals surface area contributed by atoms with Crippen molar-refractivity contribution in [2.75, 3.05) is 20.0 Å². The molecule has 0 aromatic heterocycles. The molecule has 1 fully saturated rings. The zero-order valence-electron chi connectivity index (χ0n) is 10.9. The van der Waals surface area contributed by atoms with E-state index in [0.717, 1.165) is 11.1 Å². The second-order valence-electron chi connectivity index (χ2n) is 5.18. The Bertz CT molecular complexity index is 538. The summed E-state index contributed by atoms with van der Waals surface area (Å²) in [6.45, 7) is 2.25. The van der Waals surface area contributed by atoms with Gasteiger partial charge in [0, 0.05) is 19.3 Å². The van der Waals surface area contributed by atoms with Crippen LogP contribution in [0.15, 0.2) is 24.3 Å². The first-order valence-corrected chi connectivity index (χ1v) is 7.79. The first-order chi connectivity index (χ1) is 8.30. The molecule has 0 saturated heterocycles. The average Bonchev–Trinajstić information content (AvgIpc) is 2.86. The Kier molecular flexibility index (Phi) is 3.25. The number of nitrogens with two attached hydrogens (primary N) is 1. The average molecular weight is 269 g/mol. The fourth-order valence-corrected chi connectivity index (χ4v) is 4.59. The molecule has 18 heavy (non-hydrogen) atoms. The summed E-state index contributed by atoms with van der Waals surface area (Å²) in [5.41, 5.74) is 7.51. The molecule has 100 valence electrons. The van der Waals surface area contributed by atoms with Gasteiger partial charge in [0.2, 0.25) is 0 Å². The molecule has 4 nitrogen and oxygen atoms in total. The third kappa shape index (κ3) is 2.18. The van der Waals surface area contributed by atoms with E-state index in [0.29, 0.717) is 0 Å². The van der Waals surface area contributed by atoms with Gasteiger partial charge in [-0.1, -0.05) is 29.8 Å². The molecular formula is C13H19NO3S. The number of rotatable bonds is 4. The summed E-state index contributed by atoms with van der Waals surface area (Å²) in [4.78, 5) is 0. The normalized spacial score (nSPS) is 31.3. The molecule has 0 amide bonds. The molecule has 1 saturated carbocycles. The van der Waals surface area contributed by atoms with Gasteiger partial charge in [0.05, 0.1) is 17.4 Å². The zero-order valence-corrected chi connectivity index (χ0v) is 11.7. The standard InChI is InChI=1S/C13H19NO3S/c1-9-4-6-10(7-5-9)11-12(18(3,15)16)13(11,14)8-17-2/h4-7,11-12H,8,14H2,1-3H3/t11-,12-,13-/m0/s1. The molecule has 2 N–H and O–H groups in total. The van der Waals surface area contributed by atoms with Crippen molar-refractivity contribution in [2.24, 2.45) is 5.73 Å². The summed E-state index contributed by atoms with van der Waals surface area (Å²) < 4.78 is 28.7. The maximum absolute atomic E-state index is 11.8. The monoisotopic (exact) mass is 269 g/mol. The number of hydrogen-bond donors (Lipinski definition) is 1. The summed E-state index contributed by atoms with van der Waals surface area (Å²) in [6.07, 6.45) is 1.24. The molecule has 0 aliphatic heterocycles. The van der Waals surface area contributed by atoms with Crippen LogP contribution in [0.25, 0.3) is 0 Å². The van der Waals surface area contributed by atoms with Gasteiger partial charge in [0.25, 0.3) is 0 Å². The zero-order chi connectivity index (χ0) is 13.6. The van der Waals surface area contributed by atoms with Crippen molar-refractivity contribution < 1.29 is 13.2 Å². The Morgan fingerprint density at radius 3 is 2.33 bits per heavy atom. The van der Waals surface area contributed by atoms with E-state index < -0.39 is 20.6 Å². The van der Waals surface area contributed by atoms with Gasteiger partial charge in [0.15, 0.2) is 9.84 Å². The molecule has 0 radical (unpaired) electrons. The maximum Gasteiger partial charge on any atom is 0.152 e.